The molecule has 9 heteroatoms. The van der Waals surface area contributed by atoms with Crippen molar-refractivity contribution in [2.45, 2.75) is 52.6 Å². The van der Waals surface area contributed by atoms with E-state index in [-0.39, 0.29) is 11.4 Å². The van der Waals surface area contributed by atoms with Crippen LogP contribution in [0.3, 0.4) is 0 Å². The third kappa shape index (κ3) is 5.60. The summed E-state index contributed by atoms with van der Waals surface area (Å²) in [5.74, 6) is 1.15. The molecule has 1 amide bonds. The van der Waals surface area contributed by atoms with E-state index in [1.54, 1.807) is 11.1 Å². The summed E-state index contributed by atoms with van der Waals surface area (Å²) in [6, 6.07) is 4.00. The van der Waals surface area contributed by atoms with Crippen molar-refractivity contribution in [1.29, 1.82) is 0 Å². The van der Waals surface area contributed by atoms with Gasteiger partial charge in [0, 0.05) is 49.0 Å². The minimum atomic E-state index is -0.463. The quantitative estimate of drug-likeness (QED) is 0.449. The second-order valence-corrected chi connectivity index (χ2v) is 10.2. The highest BCUT2D eigenvalue weighted by Gasteiger charge is 2.26. The van der Waals surface area contributed by atoms with Crippen LogP contribution < -0.4 is 4.74 Å². The molecule has 1 aliphatic rings. The zero-order valence-electron chi connectivity index (χ0n) is 20.5. The van der Waals surface area contributed by atoms with E-state index < -0.39 is 5.60 Å². The van der Waals surface area contributed by atoms with Crippen LogP contribution in [0.4, 0.5) is 4.79 Å². The number of aryl methyl sites for hydroxylation is 2. The highest BCUT2D eigenvalue weighted by molar-refractivity contribution is 6.28. The lowest BCUT2D eigenvalue weighted by Crippen LogP contribution is -2.41. The molecule has 4 rings (SSSR count). The van der Waals surface area contributed by atoms with Gasteiger partial charge >= 0.3 is 6.09 Å². The minimum absolute atomic E-state index is 0.208. The van der Waals surface area contributed by atoms with Crippen LogP contribution in [0, 0.1) is 12.8 Å². The fourth-order valence-corrected chi connectivity index (χ4v) is 4.39. The summed E-state index contributed by atoms with van der Waals surface area (Å²) in [4.78, 5) is 27.3. The number of amides is 1. The van der Waals surface area contributed by atoms with Gasteiger partial charge in [-0.2, -0.15) is 4.98 Å². The summed E-state index contributed by atoms with van der Waals surface area (Å²) in [5.41, 5.74) is 2.89. The molecule has 0 saturated carbocycles. The van der Waals surface area contributed by atoms with Crippen molar-refractivity contribution in [3.05, 3.63) is 35.4 Å². The predicted octanol–water partition coefficient (Wildman–Crippen LogP) is 5.41. The number of ether oxygens (including phenoxy) is 2. The highest BCUT2D eigenvalue weighted by Crippen LogP contribution is 2.30. The topological polar surface area (TPSA) is 82.4 Å². The van der Waals surface area contributed by atoms with Gasteiger partial charge in [0.15, 0.2) is 0 Å². The lowest BCUT2D eigenvalue weighted by atomic mass is 9.94. The fourth-order valence-electron chi connectivity index (χ4n) is 4.23. The van der Waals surface area contributed by atoms with Crippen LogP contribution in [0.1, 0.15) is 45.6 Å². The summed E-state index contributed by atoms with van der Waals surface area (Å²) in [7, 11) is 1.93. The van der Waals surface area contributed by atoms with Crippen molar-refractivity contribution in [2.24, 2.45) is 13.0 Å². The number of aromatic nitrogens is 4. The van der Waals surface area contributed by atoms with Crippen LogP contribution in [0.25, 0.3) is 22.3 Å². The molecule has 0 radical (unpaired) electrons. The average Bonchev–Trinajstić information content (AvgIpc) is 3.14. The van der Waals surface area contributed by atoms with Crippen LogP contribution >= 0.6 is 11.6 Å². The largest absolute Gasteiger partial charge is 0.477 e. The van der Waals surface area contributed by atoms with Crippen molar-refractivity contribution < 1.29 is 14.3 Å². The first-order valence-electron chi connectivity index (χ1n) is 11.7. The third-order valence-corrected chi connectivity index (χ3v) is 6.20. The van der Waals surface area contributed by atoms with Crippen LogP contribution in [0.2, 0.25) is 5.28 Å². The Balaban J connectivity index is 1.32. The predicted molar refractivity (Wildman–Crippen MR) is 132 cm³/mol. The first-order valence-corrected chi connectivity index (χ1v) is 12.0. The van der Waals surface area contributed by atoms with Crippen LogP contribution in [-0.2, 0) is 11.8 Å². The van der Waals surface area contributed by atoms with E-state index >= 15 is 0 Å². The molecule has 0 bridgehead atoms. The van der Waals surface area contributed by atoms with Gasteiger partial charge in [-0.3, -0.25) is 0 Å². The molecule has 182 valence electrons. The molecule has 3 aromatic heterocycles. The lowest BCUT2D eigenvalue weighted by Gasteiger charge is -2.33. The van der Waals surface area contributed by atoms with Crippen LogP contribution in [-0.4, -0.2) is 55.8 Å². The second kappa shape index (κ2) is 9.78. The number of pyridine rings is 1. The molecule has 1 fully saturated rings. The van der Waals surface area contributed by atoms with Crippen molar-refractivity contribution in [1.82, 2.24) is 24.4 Å². The summed E-state index contributed by atoms with van der Waals surface area (Å²) < 4.78 is 13.4. The molecule has 8 nitrogen and oxygen atoms in total. The Labute approximate surface area is 205 Å². The van der Waals surface area contributed by atoms with Gasteiger partial charge in [-0.1, -0.05) is 0 Å². The van der Waals surface area contributed by atoms with Crippen molar-refractivity contribution in [2.75, 3.05) is 19.7 Å². The number of rotatable bonds is 5. The van der Waals surface area contributed by atoms with Gasteiger partial charge in [0.05, 0.1) is 12.3 Å². The Morgan fingerprint density at radius 3 is 2.65 bits per heavy atom. The Kier molecular flexibility index (Phi) is 6.98. The molecule has 0 unspecified atom stereocenters. The first kappa shape index (κ1) is 24.3. The SMILES string of the molecule is Cc1cc(-c2nc(Cl)nc3c2ccn3C)cnc1OCCC1CCN(C(=O)OC(C)(C)C)CC1. The third-order valence-electron chi connectivity index (χ3n) is 6.03. The van der Waals surface area contributed by atoms with E-state index in [1.165, 1.54) is 0 Å². The van der Waals surface area contributed by atoms with Gasteiger partial charge in [0.25, 0.3) is 0 Å². The molecule has 0 aromatic carbocycles. The van der Waals surface area contributed by atoms with E-state index in [4.69, 9.17) is 21.1 Å². The number of nitrogens with zero attached hydrogens (tertiary/aromatic N) is 5. The van der Waals surface area contributed by atoms with Gasteiger partial charge in [-0.05, 0) is 76.6 Å². The number of carbonyl (C=O) groups is 1. The number of hydrogen-bond acceptors (Lipinski definition) is 6. The number of hydrogen-bond donors (Lipinski definition) is 0. The number of piperidine rings is 1. The molecule has 0 N–H and O–H groups in total. The van der Waals surface area contributed by atoms with E-state index in [9.17, 15) is 4.79 Å². The molecule has 4 heterocycles. The normalized spacial score (nSPS) is 15.1. The fraction of sp³-hybridized carbons (Fsp3) is 0.520. The molecule has 3 aromatic rings. The van der Waals surface area contributed by atoms with Gasteiger partial charge in [-0.25, -0.2) is 14.8 Å². The molecule has 0 spiro atoms. The Hall–Kier alpha value is -2.87. The van der Waals surface area contributed by atoms with Crippen molar-refractivity contribution in [3.8, 4) is 17.1 Å². The number of fused-ring (bicyclic) bond motifs is 1. The molecule has 34 heavy (non-hydrogen) atoms. The zero-order chi connectivity index (χ0) is 24.5. The summed E-state index contributed by atoms with van der Waals surface area (Å²) in [6.45, 7) is 9.69. The maximum atomic E-state index is 12.2. The van der Waals surface area contributed by atoms with Gasteiger partial charge < -0.3 is 18.9 Å². The summed E-state index contributed by atoms with van der Waals surface area (Å²) >= 11 is 6.16. The van der Waals surface area contributed by atoms with Gasteiger partial charge in [0.1, 0.15) is 11.2 Å². The summed E-state index contributed by atoms with van der Waals surface area (Å²) in [6.07, 6.45) is 6.32. The van der Waals surface area contributed by atoms with E-state index in [0.717, 1.165) is 60.2 Å². The monoisotopic (exact) mass is 485 g/mol. The molecule has 1 saturated heterocycles. The first-order chi connectivity index (χ1) is 16.1. The summed E-state index contributed by atoms with van der Waals surface area (Å²) in [5, 5.41) is 1.14. The number of likely N-dealkylation sites (tertiary alicyclic amines) is 1. The van der Waals surface area contributed by atoms with E-state index in [2.05, 4.69) is 15.0 Å². The maximum Gasteiger partial charge on any atom is 0.410 e. The zero-order valence-corrected chi connectivity index (χ0v) is 21.2. The molecular formula is C25H32ClN5O3. The molecular weight excluding hydrogens is 454 g/mol. The highest BCUT2D eigenvalue weighted by atomic mass is 35.5. The Morgan fingerprint density at radius 2 is 1.97 bits per heavy atom. The van der Waals surface area contributed by atoms with Crippen molar-refractivity contribution >= 4 is 28.7 Å². The number of halogens is 1. The number of carbonyl (C=O) groups excluding carboxylic acids is 1. The molecule has 1 aliphatic heterocycles. The van der Waals surface area contributed by atoms with Crippen LogP contribution in [0.15, 0.2) is 24.5 Å². The van der Waals surface area contributed by atoms with Crippen molar-refractivity contribution in [3.63, 3.8) is 0 Å². The lowest BCUT2D eigenvalue weighted by molar-refractivity contribution is 0.0177. The molecule has 0 aliphatic carbocycles. The molecule has 0 atom stereocenters. The average molecular weight is 486 g/mol. The van der Waals surface area contributed by atoms with E-state index in [0.29, 0.717) is 18.4 Å². The maximum absolute atomic E-state index is 12.2. The van der Waals surface area contributed by atoms with Gasteiger partial charge in [-0.15, -0.1) is 0 Å². The standard InChI is InChI=1S/C25H32ClN5O3/c1-16-14-18(20-19-8-10-30(5)21(19)29-23(26)28-20)15-27-22(16)33-13-9-17-6-11-31(12-7-17)24(32)34-25(2,3)4/h8,10,14-15,17H,6-7,9,11-13H2,1-5H3. The van der Waals surface area contributed by atoms with E-state index in [1.807, 2.05) is 57.6 Å². The smallest absolute Gasteiger partial charge is 0.410 e. The van der Waals surface area contributed by atoms with Crippen LogP contribution in [0.5, 0.6) is 5.88 Å². The Morgan fingerprint density at radius 1 is 1.24 bits per heavy atom. The minimum Gasteiger partial charge on any atom is -0.477 e. The van der Waals surface area contributed by atoms with Gasteiger partial charge in [0.2, 0.25) is 11.2 Å². The second-order valence-electron chi connectivity index (χ2n) is 9.90. The Bertz CT molecular complexity index is 1180.